The molecule has 1 N–H and O–H groups in total. The van der Waals surface area contributed by atoms with E-state index in [1.807, 2.05) is 0 Å². The van der Waals surface area contributed by atoms with Gasteiger partial charge >= 0.3 is 5.97 Å². The van der Waals surface area contributed by atoms with E-state index in [9.17, 15) is 4.79 Å². The van der Waals surface area contributed by atoms with Crippen LogP contribution in [0.4, 0.5) is 0 Å². The van der Waals surface area contributed by atoms with Gasteiger partial charge in [-0.3, -0.25) is 0 Å². The standard InChI is InChI=1S/C8H15NO3/c1-2-11-8(10)7-6-9-4-3-5-12-7/h7,9H,2-6H2,1H3. The van der Waals surface area contributed by atoms with Gasteiger partial charge < -0.3 is 14.8 Å². The molecule has 1 fully saturated rings. The molecule has 0 aliphatic carbocycles. The molecule has 0 bridgehead atoms. The number of carbonyl (C=O) groups is 1. The summed E-state index contributed by atoms with van der Waals surface area (Å²) < 4.78 is 10.1. The van der Waals surface area contributed by atoms with E-state index in [1.54, 1.807) is 6.92 Å². The third-order valence-electron chi connectivity index (χ3n) is 1.70. The highest BCUT2D eigenvalue weighted by atomic mass is 16.6. The zero-order valence-corrected chi connectivity index (χ0v) is 7.34. The van der Waals surface area contributed by atoms with Crippen LogP contribution in [0.5, 0.6) is 0 Å². The predicted molar refractivity (Wildman–Crippen MR) is 43.9 cm³/mol. The fraction of sp³-hybridized carbons (Fsp3) is 0.875. The van der Waals surface area contributed by atoms with E-state index in [0.717, 1.165) is 13.0 Å². The molecular formula is C8H15NO3. The van der Waals surface area contributed by atoms with E-state index in [1.165, 1.54) is 0 Å². The molecular weight excluding hydrogens is 158 g/mol. The summed E-state index contributed by atoms with van der Waals surface area (Å²) in [6.45, 7) is 4.33. The monoisotopic (exact) mass is 173 g/mol. The highest BCUT2D eigenvalue weighted by molar-refractivity contribution is 5.75. The van der Waals surface area contributed by atoms with Gasteiger partial charge in [-0.25, -0.2) is 4.79 Å². The molecule has 4 heteroatoms. The van der Waals surface area contributed by atoms with Crippen molar-refractivity contribution >= 4 is 5.97 Å². The number of esters is 1. The van der Waals surface area contributed by atoms with Crippen molar-refractivity contribution in [2.45, 2.75) is 19.4 Å². The highest BCUT2D eigenvalue weighted by Crippen LogP contribution is 1.99. The van der Waals surface area contributed by atoms with Crippen LogP contribution in [0.2, 0.25) is 0 Å². The van der Waals surface area contributed by atoms with Crippen LogP contribution in [-0.4, -0.2) is 38.4 Å². The molecule has 1 saturated heterocycles. The SMILES string of the molecule is CCOC(=O)C1CNCCCO1. The first kappa shape index (κ1) is 9.48. The lowest BCUT2D eigenvalue weighted by atomic mass is 10.3. The molecule has 0 amide bonds. The Kier molecular flexibility index (Phi) is 4.04. The van der Waals surface area contributed by atoms with Crippen molar-refractivity contribution in [3.8, 4) is 0 Å². The van der Waals surface area contributed by atoms with E-state index in [0.29, 0.717) is 19.8 Å². The van der Waals surface area contributed by atoms with Crippen LogP contribution in [0.3, 0.4) is 0 Å². The van der Waals surface area contributed by atoms with Gasteiger partial charge in [0.15, 0.2) is 6.10 Å². The maximum absolute atomic E-state index is 11.2. The first-order chi connectivity index (χ1) is 5.84. The molecule has 0 spiro atoms. The molecule has 0 radical (unpaired) electrons. The van der Waals surface area contributed by atoms with Crippen LogP contribution < -0.4 is 5.32 Å². The average molecular weight is 173 g/mol. The van der Waals surface area contributed by atoms with E-state index in [-0.39, 0.29) is 5.97 Å². The molecule has 1 unspecified atom stereocenters. The molecule has 0 aromatic carbocycles. The van der Waals surface area contributed by atoms with Crippen molar-refractivity contribution in [3.05, 3.63) is 0 Å². The second kappa shape index (κ2) is 5.11. The Labute approximate surface area is 72.2 Å². The maximum Gasteiger partial charge on any atom is 0.336 e. The highest BCUT2D eigenvalue weighted by Gasteiger charge is 2.21. The van der Waals surface area contributed by atoms with Crippen molar-refractivity contribution < 1.29 is 14.3 Å². The van der Waals surface area contributed by atoms with Gasteiger partial charge in [0, 0.05) is 13.2 Å². The molecule has 1 aliphatic rings. The number of carbonyl (C=O) groups excluding carboxylic acids is 1. The second-order valence-corrected chi connectivity index (χ2v) is 2.67. The molecule has 1 rings (SSSR count). The topological polar surface area (TPSA) is 47.6 Å². The minimum Gasteiger partial charge on any atom is -0.464 e. The molecule has 1 aliphatic heterocycles. The molecule has 12 heavy (non-hydrogen) atoms. The molecule has 1 heterocycles. The van der Waals surface area contributed by atoms with Crippen molar-refractivity contribution in [2.75, 3.05) is 26.3 Å². The molecule has 0 saturated carbocycles. The zero-order valence-electron chi connectivity index (χ0n) is 7.34. The van der Waals surface area contributed by atoms with Crippen molar-refractivity contribution in [1.82, 2.24) is 5.32 Å². The van der Waals surface area contributed by atoms with E-state index >= 15 is 0 Å². The largest absolute Gasteiger partial charge is 0.464 e. The Morgan fingerprint density at radius 3 is 3.33 bits per heavy atom. The first-order valence-corrected chi connectivity index (χ1v) is 4.33. The van der Waals surface area contributed by atoms with Crippen molar-refractivity contribution in [3.63, 3.8) is 0 Å². The van der Waals surface area contributed by atoms with Crippen LogP contribution in [-0.2, 0) is 14.3 Å². The summed E-state index contributed by atoms with van der Waals surface area (Å²) in [6, 6.07) is 0. The summed E-state index contributed by atoms with van der Waals surface area (Å²) in [5.74, 6) is -0.257. The van der Waals surface area contributed by atoms with E-state index in [2.05, 4.69) is 5.32 Å². The Morgan fingerprint density at radius 2 is 2.58 bits per heavy atom. The zero-order chi connectivity index (χ0) is 8.81. The van der Waals surface area contributed by atoms with Crippen molar-refractivity contribution in [1.29, 1.82) is 0 Å². The lowest BCUT2D eigenvalue weighted by molar-refractivity contribution is -0.155. The summed E-state index contributed by atoms with van der Waals surface area (Å²) in [5.41, 5.74) is 0. The third-order valence-corrected chi connectivity index (χ3v) is 1.70. The van der Waals surface area contributed by atoms with Crippen LogP contribution in [0, 0.1) is 0 Å². The maximum atomic E-state index is 11.2. The lowest BCUT2D eigenvalue weighted by Gasteiger charge is -2.12. The molecule has 70 valence electrons. The van der Waals surface area contributed by atoms with Gasteiger partial charge in [-0.1, -0.05) is 0 Å². The molecule has 4 nitrogen and oxygen atoms in total. The van der Waals surface area contributed by atoms with Crippen molar-refractivity contribution in [2.24, 2.45) is 0 Å². The van der Waals surface area contributed by atoms with Crippen LogP contribution in [0.15, 0.2) is 0 Å². The summed E-state index contributed by atoms with van der Waals surface area (Å²) in [7, 11) is 0. The molecule has 1 atom stereocenters. The minimum absolute atomic E-state index is 0.257. The number of rotatable bonds is 2. The van der Waals surface area contributed by atoms with Crippen LogP contribution >= 0.6 is 0 Å². The Bertz CT molecular complexity index is 141. The average Bonchev–Trinajstić information content (AvgIpc) is 2.32. The van der Waals surface area contributed by atoms with E-state index in [4.69, 9.17) is 9.47 Å². The lowest BCUT2D eigenvalue weighted by Crippen LogP contribution is -2.34. The Morgan fingerprint density at radius 1 is 1.75 bits per heavy atom. The van der Waals surface area contributed by atoms with Gasteiger partial charge in [-0.15, -0.1) is 0 Å². The summed E-state index contributed by atoms with van der Waals surface area (Å²) >= 11 is 0. The number of ether oxygens (including phenoxy) is 2. The fourth-order valence-electron chi connectivity index (χ4n) is 1.10. The number of hydrogen-bond donors (Lipinski definition) is 1. The summed E-state index contributed by atoms with van der Waals surface area (Å²) in [6.07, 6.45) is 0.545. The van der Waals surface area contributed by atoms with Gasteiger partial charge in [0.25, 0.3) is 0 Å². The molecule has 0 aromatic heterocycles. The Balaban J connectivity index is 2.32. The first-order valence-electron chi connectivity index (χ1n) is 4.33. The van der Waals surface area contributed by atoms with Gasteiger partial charge in [-0.2, -0.15) is 0 Å². The number of nitrogens with one attached hydrogen (secondary N) is 1. The summed E-state index contributed by atoms with van der Waals surface area (Å²) in [5, 5.41) is 3.11. The smallest absolute Gasteiger partial charge is 0.336 e. The van der Waals surface area contributed by atoms with Crippen LogP contribution in [0.1, 0.15) is 13.3 Å². The fourth-order valence-corrected chi connectivity index (χ4v) is 1.10. The quantitative estimate of drug-likeness (QED) is 0.594. The number of hydrogen-bond acceptors (Lipinski definition) is 4. The summed E-state index contributed by atoms with van der Waals surface area (Å²) in [4.78, 5) is 11.2. The van der Waals surface area contributed by atoms with Gasteiger partial charge in [0.05, 0.1) is 6.61 Å². The minimum atomic E-state index is -0.410. The van der Waals surface area contributed by atoms with Gasteiger partial charge in [0.2, 0.25) is 0 Å². The van der Waals surface area contributed by atoms with Crippen LogP contribution in [0.25, 0.3) is 0 Å². The van der Waals surface area contributed by atoms with E-state index < -0.39 is 6.10 Å². The predicted octanol–water partition coefficient (Wildman–Crippen LogP) is -0.0720. The second-order valence-electron chi connectivity index (χ2n) is 2.67. The van der Waals surface area contributed by atoms with Gasteiger partial charge in [-0.05, 0) is 19.9 Å². The Hall–Kier alpha value is -0.610. The normalized spacial score (nSPS) is 24.6. The third kappa shape index (κ3) is 2.79. The molecule has 0 aromatic rings. The van der Waals surface area contributed by atoms with Gasteiger partial charge in [0.1, 0.15) is 0 Å².